The first kappa shape index (κ1) is 15.4. The van der Waals surface area contributed by atoms with E-state index in [1.807, 2.05) is 6.92 Å². The highest BCUT2D eigenvalue weighted by Gasteiger charge is 2.22. The molecule has 0 radical (unpaired) electrons. The fraction of sp³-hybridized carbons (Fsp3) is 0.529. The molecule has 1 aromatic heterocycles. The minimum absolute atomic E-state index is 0.129. The van der Waals surface area contributed by atoms with Gasteiger partial charge in [0, 0.05) is 31.0 Å². The molecule has 4 heteroatoms. The largest absolute Gasteiger partial charge is 0.349 e. The van der Waals surface area contributed by atoms with Crippen molar-refractivity contribution in [3.05, 3.63) is 28.6 Å². The van der Waals surface area contributed by atoms with Crippen LogP contribution >= 0.6 is 0 Å². The lowest BCUT2D eigenvalue weighted by atomic mass is 10.1. The van der Waals surface area contributed by atoms with Gasteiger partial charge >= 0.3 is 0 Å². The Hall–Kier alpha value is -2.02. The Morgan fingerprint density at radius 1 is 1.38 bits per heavy atom. The van der Waals surface area contributed by atoms with E-state index in [1.165, 1.54) is 5.69 Å². The molecule has 1 fully saturated rings. The average Bonchev–Trinajstić information content (AvgIpc) is 3.08. The molecule has 1 amide bonds. The van der Waals surface area contributed by atoms with E-state index < -0.39 is 0 Å². The standard InChI is InChI=1S/C17H23N3O/c1-4-7-20-13(2)10-15(14(20)3)11-16(12-18)17(21)19-8-5-6-9-19/h10-11H,4-9H2,1-3H3. The number of aromatic nitrogens is 1. The molecule has 0 saturated carbocycles. The summed E-state index contributed by atoms with van der Waals surface area (Å²) in [5, 5.41) is 9.32. The summed E-state index contributed by atoms with van der Waals surface area (Å²) in [6.45, 7) is 8.76. The lowest BCUT2D eigenvalue weighted by Gasteiger charge is -2.14. The number of rotatable bonds is 4. The molecule has 1 aliphatic rings. The van der Waals surface area contributed by atoms with Gasteiger partial charge in [-0.15, -0.1) is 0 Å². The van der Waals surface area contributed by atoms with Crippen LogP contribution in [0.2, 0.25) is 0 Å². The van der Waals surface area contributed by atoms with Crippen molar-refractivity contribution in [1.82, 2.24) is 9.47 Å². The Kier molecular flexibility index (Phi) is 4.85. The summed E-state index contributed by atoms with van der Waals surface area (Å²) in [6.07, 6.45) is 4.89. The van der Waals surface area contributed by atoms with Crippen LogP contribution in [0.4, 0.5) is 0 Å². The van der Waals surface area contributed by atoms with Crippen LogP contribution in [0.1, 0.15) is 43.1 Å². The molecule has 0 aromatic carbocycles. The number of hydrogen-bond donors (Lipinski definition) is 0. The van der Waals surface area contributed by atoms with Crippen LogP contribution < -0.4 is 0 Å². The van der Waals surface area contributed by atoms with E-state index in [0.29, 0.717) is 0 Å². The molecule has 0 bridgehead atoms. The Balaban J connectivity index is 2.30. The van der Waals surface area contributed by atoms with Crippen molar-refractivity contribution in [1.29, 1.82) is 5.26 Å². The molecule has 0 unspecified atom stereocenters. The highest BCUT2D eigenvalue weighted by Crippen LogP contribution is 2.20. The third-order valence-electron chi connectivity index (χ3n) is 4.10. The maximum absolute atomic E-state index is 12.3. The Morgan fingerprint density at radius 3 is 2.62 bits per heavy atom. The molecule has 0 atom stereocenters. The first-order chi connectivity index (χ1) is 10.1. The Labute approximate surface area is 126 Å². The maximum atomic E-state index is 12.3. The normalized spacial score (nSPS) is 15.3. The average molecular weight is 285 g/mol. The minimum atomic E-state index is -0.129. The quantitative estimate of drug-likeness (QED) is 0.630. The number of nitriles is 1. The Morgan fingerprint density at radius 2 is 2.05 bits per heavy atom. The summed E-state index contributed by atoms with van der Waals surface area (Å²) >= 11 is 0. The van der Waals surface area contributed by atoms with Crippen LogP contribution in [0.3, 0.4) is 0 Å². The van der Waals surface area contributed by atoms with Gasteiger partial charge < -0.3 is 9.47 Å². The number of amides is 1. The van der Waals surface area contributed by atoms with Gasteiger partial charge in [0.1, 0.15) is 11.6 Å². The summed E-state index contributed by atoms with van der Waals surface area (Å²) in [4.78, 5) is 14.1. The number of aryl methyl sites for hydroxylation is 1. The van der Waals surface area contributed by atoms with Crippen molar-refractivity contribution in [3.63, 3.8) is 0 Å². The van der Waals surface area contributed by atoms with Crippen molar-refractivity contribution in [2.45, 2.75) is 46.6 Å². The molecule has 1 aromatic rings. The van der Waals surface area contributed by atoms with Crippen molar-refractivity contribution >= 4 is 12.0 Å². The zero-order valence-electron chi connectivity index (χ0n) is 13.1. The number of likely N-dealkylation sites (tertiary alicyclic amines) is 1. The van der Waals surface area contributed by atoms with E-state index in [0.717, 1.165) is 50.2 Å². The number of nitrogens with zero attached hydrogens (tertiary/aromatic N) is 3. The minimum Gasteiger partial charge on any atom is -0.349 e. The monoisotopic (exact) mass is 285 g/mol. The van der Waals surface area contributed by atoms with Gasteiger partial charge in [-0.3, -0.25) is 4.79 Å². The van der Waals surface area contributed by atoms with Crippen LogP contribution in [0.15, 0.2) is 11.6 Å². The molecule has 2 heterocycles. The van der Waals surface area contributed by atoms with E-state index in [1.54, 1.807) is 11.0 Å². The summed E-state index contributed by atoms with van der Waals surface area (Å²) in [5.74, 6) is -0.129. The number of carbonyl (C=O) groups is 1. The van der Waals surface area contributed by atoms with Gasteiger partial charge in [0.25, 0.3) is 5.91 Å². The molecule has 112 valence electrons. The molecule has 0 N–H and O–H groups in total. The van der Waals surface area contributed by atoms with Gasteiger partial charge in [-0.2, -0.15) is 5.26 Å². The van der Waals surface area contributed by atoms with Gasteiger partial charge in [-0.05, 0) is 50.8 Å². The highest BCUT2D eigenvalue weighted by molar-refractivity contribution is 6.01. The lowest BCUT2D eigenvalue weighted by Crippen LogP contribution is -2.28. The van der Waals surface area contributed by atoms with Crippen LogP contribution in [0, 0.1) is 25.2 Å². The summed E-state index contributed by atoms with van der Waals surface area (Å²) in [6, 6.07) is 4.13. The van der Waals surface area contributed by atoms with Gasteiger partial charge in [-0.25, -0.2) is 0 Å². The lowest BCUT2D eigenvalue weighted by molar-refractivity contribution is -0.125. The van der Waals surface area contributed by atoms with E-state index in [-0.39, 0.29) is 11.5 Å². The first-order valence-corrected chi connectivity index (χ1v) is 7.66. The van der Waals surface area contributed by atoms with Crippen molar-refractivity contribution in [3.8, 4) is 6.07 Å². The van der Waals surface area contributed by atoms with Crippen LogP contribution in [-0.4, -0.2) is 28.5 Å². The molecule has 0 spiro atoms. The smallest absolute Gasteiger partial charge is 0.264 e. The Bertz CT molecular complexity index is 598. The third-order valence-corrected chi connectivity index (χ3v) is 4.10. The van der Waals surface area contributed by atoms with Crippen LogP contribution in [-0.2, 0) is 11.3 Å². The maximum Gasteiger partial charge on any atom is 0.264 e. The first-order valence-electron chi connectivity index (χ1n) is 7.66. The van der Waals surface area contributed by atoms with E-state index in [2.05, 4.69) is 30.6 Å². The zero-order chi connectivity index (χ0) is 15.4. The molecular weight excluding hydrogens is 262 g/mol. The van der Waals surface area contributed by atoms with E-state index in [9.17, 15) is 10.1 Å². The summed E-state index contributed by atoms with van der Waals surface area (Å²) < 4.78 is 2.24. The van der Waals surface area contributed by atoms with E-state index >= 15 is 0 Å². The van der Waals surface area contributed by atoms with Crippen molar-refractivity contribution in [2.75, 3.05) is 13.1 Å². The predicted molar refractivity (Wildman–Crippen MR) is 83.6 cm³/mol. The number of hydrogen-bond acceptors (Lipinski definition) is 2. The second-order valence-corrected chi connectivity index (χ2v) is 5.65. The van der Waals surface area contributed by atoms with Crippen LogP contribution in [0.5, 0.6) is 0 Å². The zero-order valence-corrected chi connectivity index (χ0v) is 13.1. The van der Waals surface area contributed by atoms with Crippen molar-refractivity contribution < 1.29 is 4.79 Å². The van der Waals surface area contributed by atoms with Gasteiger partial charge in [0.05, 0.1) is 0 Å². The van der Waals surface area contributed by atoms with Gasteiger partial charge in [0.15, 0.2) is 0 Å². The van der Waals surface area contributed by atoms with Crippen molar-refractivity contribution in [2.24, 2.45) is 0 Å². The molecule has 21 heavy (non-hydrogen) atoms. The third kappa shape index (κ3) is 3.18. The highest BCUT2D eigenvalue weighted by atomic mass is 16.2. The van der Waals surface area contributed by atoms with Crippen LogP contribution in [0.25, 0.3) is 6.08 Å². The molecular formula is C17H23N3O. The molecule has 0 aliphatic carbocycles. The number of carbonyl (C=O) groups excluding carboxylic acids is 1. The fourth-order valence-electron chi connectivity index (χ4n) is 2.93. The second kappa shape index (κ2) is 6.62. The van der Waals surface area contributed by atoms with Gasteiger partial charge in [0.2, 0.25) is 0 Å². The molecule has 1 saturated heterocycles. The molecule has 4 nitrogen and oxygen atoms in total. The summed E-state index contributed by atoms with van der Waals surface area (Å²) in [5.41, 5.74) is 3.52. The van der Waals surface area contributed by atoms with Gasteiger partial charge in [-0.1, -0.05) is 6.92 Å². The van der Waals surface area contributed by atoms with E-state index in [4.69, 9.17) is 0 Å². The predicted octanol–water partition coefficient (Wildman–Crippen LogP) is 3.04. The topological polar surface area (TPSA) is 49.0 Å². The second-order valence-electron chi connectivity index (χ2n) is 5.65. The molecule has 2 rings (SSSR count). The molecule has 1 aliphatic heterocycles. The SMILES string of the molecule is CCCn1c(C)cc(C=C(C#N)C(=O)N2CCCC2)c1C. The fourth-order valence-corrected chi connectivity index (χ4v) is 2.93. The summed E-state index contributed by atoms with van der Waals surface area (Å²) in [7, 11) is 0.